The van der Waals surface area contributed by atoms with Crippen molar-refractivity contribution in [3.05, 3.63) is 69.8 Å². The van der Waals surface area contributed by atoms with Crippen molar-refractivity contribution < 1.29 is 4.76 Å². The minimum atomic E-state index is -0.457. The van der Waals surface area contributed by atoms with Crippen LogP contribution in [0.3, 0.4) is 0 Å². The number of nitroso groups, excluding NO2 is 1. The van der Waals surface area contributed by atoms with Crippen molar-refractivity contribution in [1.29, 1.82) is 0 Å². The molecule has 0 aliphatic heterocycles. The van der Waals surface area contributed by atoms with Gasteiger partial charge in [-0.15, -0.1) is 0 Å². The lowest BCUT2D eigenvalue weighted by Gasteiger charge is -2.43. The fourth-order valence-corrected chi connectivity index (χ4v) is 2.41. The number of hydroxylamine groups is 1. The molecule has 0 spiro atoms. The van der Waals surface area contributed by atoms with Crippen molar-refractivity contribution in [2.24, 2.45) is 0 Å². The molecule has 0 bridgehead atoms. The normalized spacial score (nSPS) is 12.4. The van der Waals surface area contributed by atoms with Crippen molar-refractivity contribution in [2.45, 2.75) is 52.6 Å². The van der Waals surface area contributed by atoms with Gasteiger partial charge in [0.1, 0.15) is 0 Å². The minimum Gasteiger partial charge on any atom is -0.758 e. The molecule has 2 aromatic rings. The second kappa shape index (κ2) is 7.42. The Morgan fingerprint density at radius 3 is 1.62 bits per heavy atom. The summed E-state index contributed by atoms with van der Waals surface area (Å²) in [7, 11) is 0. The molecule has 0 saturated carbocycles. The molecule has 0 aliphatic carbocycles. The van der Waals surface area contributed by atoms with Crippen LogP contribution in [-0.2, 0) is 0 Å². The van der Waals surface area contributed by atoms with Gasteiger partial charge in [0, 0.05) is 53.8 Å². The lowest BCUT2D eigenvalue weighted by atomic mass is 10.1. The van der Waals surface area contributed by atoms with E-state index >= 15 is 0 Å². The molecule has 0 heterocycles. The molecule has 4 heteroatoms. The number of benzene rings is 2. The van der Waals surface area contributed by atoms with Gasteiger partial charge in [-0.2, -0.15) is 0 Å². The summed E-state index contributed by atoms with van der Waals surface area (Å²) in [4.78, 5) is 12.2. The van der Waals surface area contributed by atoms with Crippen LogP contribution >= 0.6 is 0 Å². The first-order valence-corrected chi connectivity index (χ1v) is 8.81. The molecule has 138 valence electrons. The molecule has 0 aromatic heterocycles. The van der Waals surface area contributed by atoms with Crippen LogP contribution in [0, 0.1) is 10.1 Å². The number of hydrogen-bond donors (Lipinski definition) is 0. The summed E-state index contributed by atoms with van der Waals surface area (Å²) in [6.07, 6.45) is 3.98. The Kier molecular flexibility index (Phi) is 5.67. The third kappa shape index (κ3) is 5.02. The molecule has 0 fully saturated rings. The average Bonchev–Trinajstić information content (AvgIpc) is 2.58. The summed E-state index contributed by atoms with van der Waals surface area (Å²) in [6, 6.07) is 15.0. The number of nitrogens with zero attached hydrogens (tertiary/aromatic N) is 2. The third-order valence-electron chi connectivity index (χ3n) is 3.94. The highest BCUT2D eigenvalue weighted by molar-refractivity contribution is 5.71. The summed E-state index contributed by atoms with van der Waals surface area (Å²) < 4.78 is 1.02. The van der Waals surface area contributed by atoms with Crippen LogP contribution in [-0.4, -0.2) is 15.8 Å². The van der Waals surface area contributed by atoms with Crippen molar-refractivity contribution in [3.63, 3.8) is 0 Å². The van der Waals surface area contributed by atoms with Crippen LogP contribution < -0.4 is 5.06 Å². The maximum absolute atomic E-state index is 12.2. The van der Waals surface area contributed by atoms with E-state index < -0.39 is 11.1 Å². The molecule has 2 aromatic carbocycles. The van der Waals surface area contributed by atoms with E-state index in [4.69, 9.17) is 0 Å². The van der Waals surface area contributed by atoms with E-state index in [1.165, 1.54) is 0 Å². The maximum Gasteiger partial charge on any atom is 0.256 e. The lowest BCUT2D eigenvalue weighted by molar-refractivity contribution is -0.540. The lowest BCUT2D eigenvalue weighted by Crippen LogP contribution is -2.36. The SMILES string of the molecule is CC(C)(C)N([O-])c1ccc(/C=C/c2ccc([N+](=O)C(C)(C)C)cc2)cc1. The van der Waals surface area contributed by atoms with Crippen molar-refractivity contribution in [3.8, 4) is 0 Å². The van der Waals surface area contributed by atoms with Crippen molar-refractivity contribution in [2.75, 3.05) is 5.06 Å². The van der Waals surface area contributed by atoms with Gasteiger partial charge in [-0.1, -0.05) is 24.3 Å². The molecule has 2 rings (SSSR count). The minimum absolute atomic E-state index is 0.457. The van der Waals surface area contributed by atoms with Crippen molar-refractivity contribution >= 4 is 23.5 Å². The van der Waals surface area contributed by atoms with Gasteiger partial charge >= 0.3 is 0 Å². The van der Waals surface area contributed by atoms with Crippen LogP contribution in [0.1, 0.15) is 52.7 Å². The van der Waals surface area contributed by atoms with E-state index in [1.807, 2.05) is 102 Å². The Morgan fingerprint density at radius 2 is 1.23 bits per heavy atom. The molecule has 0 aliphatic rings. The maximum atomic E-state index is 12.2. The Balaban J connectivity index is 2.09. The monoisotopic (exact) mass is 352 g/mol. The summed E-state index contributed by atoms with van der Waals surface area (Å²) in [5, 5.41) is 13.2. The van der Waals surface area contributed by atoms with Crippen LogP contribution in [0.25, 0.3) is 12.2 Å². The molecule has 0 amide bonds. The van der Waals surface area contributed by atoms with E-state index in [9.17, 15) is 10.1 Å². The first kappa shape index (κ1) is 19.9. The standard InChI is InChI=1S/C22H28N2O2/c1-21(2,3)23(25)19-13-9-17(10-14-19)7-8-18-11-15-20(16-12-18)24(26)22(4,5)6/h7-16H,1-6H3/b8-7+. The van der Waals surface area contributed by atoms with Gasteiger partial charge < -0.3 is 10.3 Å². The van der Waals surface area contributed by atoms with Crippen LogP contribution in [0.4, 0.5) is 11.4 Å². The summed E-state index contributed by atoms with van der Waals surface area (Å²) in [6.45, 7) is 11.3. The quantitative estimate of drug-likeness (QED) is 0.375. The fourth-order valence-electron chi connectivity index (χ4n) is 2.41. The van der Waals surface area contributed by atoms with Gasteiger partial charge in [0.15, 0.2) is 0 Å². The van der Waals surface area contributed by atoms with Crippen LogP contribution in [0.2, 0.25) is 0 Å². The molecule has 0 saturated heterocycles. The zero-order valence-corrected chi connectivity index (χ0v) is 16.5. The summed E-state index contributed by atoms with van der Waals surface area (Å²) in [5.74, 6) is 0. The van der Waals surface area contributed by atoms with Gasteiger partial charge in [0.05, 0.1) is 0 Å². The molecule has 0 N–H and O–H groups in total. The predicted octanol–water partition coefficient (Wildman–Crippen LogP) is 6.17. The zero-order valence-electron chi connectivity index (χ0n) is 16.5. The summed E-state index contributed by atoms with van der Waals surface area (Å²) >= 11 is 0. The zero-order chi connectivity index (χ0) is 19.5. The summed E-state index contributed by atoms with van der Waals surface area (Å²) in [5.41, 5.74) is 2.41. The molecule has 0 atom stereocenters. The highest BCUT2D eigenvalue weighted by Gasteiger charge is 2.30. The molecule has 0 unspecified atom stereocenters. The first-order valence-electron chi connectivity index (χ1n) is 8.81. The largest absolute Gasteiger partial charge is 0.758 e. The van der Waals surface area contributed by atoms with Gasteiger partial charge in [0.2, 0.25) is 5.54 Å². The van der Waals surface area contributed by atoms with Gasteiger partial charge in [-0.25, -0.2) is 0 Å². The molecular weight excluding hydrogens is 324 g/mol. The van der Waals surface area contributed by atoms with Crippen LogP contribution in [0.5, 0.6) is 0 Å². The topological polar surface area (TPSA) is 46.4 Å². The van der Waals surface area contributed by atoms with Crippen molar-refractivity contribution in [1.82, 2.24) is 0 Å². The van der Waals surface area contributed by atoms with Gasteiger partial charge in [0.25, 0.3) is 5.69 Å². The van der Waals surface area contributed by atoms with Gasteiger partial charge in [-0.05, 0) is 56.2 Å². The molecule has 4 nitrogen and oxygen atoms in total. The van der Waals surface area contributed by atoms with E-state index in [0.717, 1.165) is 21.0 Å². The molecule has 0 radical (unpaired) electrons. The van der Waals surface area contributed by atoms with E-state index in [2.05, 4.69) is 0 Å². The van der Waals surface area contributed by atoms with E-state index in [1.54, 1.807) is 0 Å². The predicted molar refractivity (Wildman–Crippen MR) is 110 cm³/mol. The van der Waals surface area contributed by atoms with E-state index in [0.29, 0.717) is 11.4 Å². The van der Waals surface area contributed by atoms with E-state index in [-0.39, 0.29) is 0 Å². The molecule has 26 heavy (non-hydrogen) atoms. The highest BCUT2D eigenvalue weighted by atomic mass is 16.5. The highest BCUT2D eigenvalue weighted by Crippen LogP contribution is 2.24. The number of rotatable bonds is 4. The first-order chi connectivity index (χ1) is 12.0. The Bertz CT molecular complexity index is 777. The molecular formula is C22H28N2O2. The Hall–Kier alpha value is -2.46. The Labute approximate surface area is 156 Å². The second-order valence-electron chi connectivity index (χ2n) is 8.45. The second-order valence-corrected chi connectivity index (χ2v) is 8.45. The third-order valence-corrected chi connectivity index (χ3v) is 3.94. The van der Waals surface area contributed by atoms with Crippen LogP contribution in [0.15, 0.2) is 48.5 Å². The Morgan fingerprint density at radius 1 is 0.808 bits per heavy atom. The number of anilines is 1. The number of hydrogen-bond acceptors (Lipinski definition) is 3. The average molecular weight is 352 g/mol. The fraction of sp³-hybridized carbons (Fsp3) is 0.364. The smallest absolute Gasteiger partial charge is 0.256 e. The van der Waals surface area contributed by atoms with Gasteiger partial charge in [-0.3, -0.25) is 0 Å².